The van der Waals surface area contributed by atoms with Gasteiger partial charge in [-0.05, 0) is 18.2 Å². The Morgan fingerprint density at radius 2 is 2.00 bits per heavy atom. The molecule has 0 aliphatic heterocycles. The largest absolute Gasteiger partial charge is 0.548 e. The number of hydrogen-bond donors (Lipinski definition) is 2. The number of amides is 1. The summed E-state index contributed by atoms with van der Waals surface area (Å²) in [4.78, 5) is 23.3. The van der Waals surface area contributed by atoms with Crippen molar-refractivity contribution in [3.8, 4) is 11.5 Å². The number of hydrogen-bond acceptors (Lipinski definition) is 5. The van der Waals surface area contributed by atoms with E-state index in [4.69, 9.17) is 9.47 Å². The first-order chi connectivity index (χ1) is 9.93. The average Bonchev–Trinajstić information content (AvgIpc) is 2.44. The van der Waals surface area contributed by atoms with Crippen molar-refractivity contribution in [2.24, 2.45) is 0 Å². The lowest BCUT2D eigenvalue weighted by Crippen LogP contribution is -3.06. The molecule has 0 saturated heterocycles. The van der Waals surface area contributed by atoms with E-state index in [0.717, 1.165) is 6.54 Å². The van der Waals surface area contributed by atoms with Crippen LogP contribution < -0.4 is 24.8 Å². The van der Waals surface area contributed by atoms with Gasteiger partial charge in [-0.3, -0.25) is 4.79 Å². The summed E-state index contributed by atoms with van der Waals surface area (Å²) in [5.41, 5.74) is 0.296. The highest BCUT2D eigenvalue weighted by molar-refractivity contribution is 5.96. The summed E-state index contributed by atoms with van der Waals surface area (Å²) >= 11 is 0. The monoisotopic (exact) mass is 296 g/mol. The van der Waals surface area contributed by atoms with Gasteiger partial charge in [-0.25, -0.2) is 0 Å². The van der Waals surface area contributed by atoms with Gasteiger partial charge in [0.25, 0.3) is 5.91 Å². The van der Waals surface area contributed by atoms with Gasteiger partial charge in [0.05, 0.1) is 33.7 Å². The fourth-order valence-electron chi connectivity index (χ4n) is 1.55. The quantitative estimate of drug-likeness (QED) is 0.563. The second-order valence-electron chi connectivity index (χ2n) is 4.73. The number of ether oxygens (including phenoxy) is 2. The number of carboxylic acids is 1. The fourth-order valence-corrected chi connectivity index (χ4v) is 1.55. The number of quaternary nitrogens is 1. The molecule has 1 aromatic rings. The third kappa shape index (κ3) is 5.70. The van der Waals surface area contributed by atoms with Crippen LogP contribution in [0.2, 0.25) is 0 Å². The van der Waals surface area contributed by atoms with E-state index in [-0.39, 0.29) is 0 Å². The Labute approximate surface area is 123 Å². The van der Waals surface area contributed by atoms with Gasteiger partial charge in [-0.1, -0.05) is 0 Å². The number of nitrogens with one attached hydrogen (secondary N) is 2. The molecule has 0 aliphatic carbocycles. The number of carboxylic acid groups (broad SMARTS) is 1. The van der Waals surface area contributed by atoms with Crippen molar-refractivity contribution in [1.29, 1.82) is 0 Å². The van der Waals surface area contributed by atoms with Crippen LogP contribution in [0.15, 0.2) is 18.2 Å². The van der Waals surface area contributed by atoms with E-state index in [1.807, 2.05) is 14.1 Å². The summed E-state index contributed by atoms with van der Waals surface area (Å²) < 4.78 is 10.8. The topological polar surface area (TPSA) is 92.1 Å². The molecule has 0 bridgehead atoms. The second-order valence-corrected chi connectivity index (χ2v) is 4.73. The molecule has 116 valence electrons. The zero-order valence-electron chi connectivity index (χ0n) is 12.4. The van der Waals surface area contributed by atoms with Crippen LogP contribution in [0, 0.1) is 0 Å². The fraction of sp³-hybridized carbons (Fsp3) is 0.429. The molecule has 1 aromatic carbocycles. The molecule has 0 fully saturated rings. The molecule has 7 heteroatoms. The lowest BCUT2D eigenvalue weighted by atomic mass is 10.2. The SMILES string of the molecule is COc1ccc(C(=O)NCC(=O)[O-])cc1OCC[NH+](C)C. The lowest BCUT2D eigenvalue weighted by Gasteiger charge is -2.13. The third-order valence-electron chi connectivity index (χ3n) is 2.68. The van der Waals surface area contributed by atoms with Crippen LogP contribution in [0.4, 0.5) is 0 Å². The predicted octanol–water partition coefficient (Wildman–Crippen LogP) is -2.30. The van der Waals surface area contributed by atoms with Gasteiger partial charge in [-0.2, -0.15) is 0 Å². The maximum absolute atomic E-state index is 11.8. The molecule has 0 aliphatic rings. The van der Waals surface area contributed by atoms with Crippen LogP contribution in [-0.4, -0.2) is 52.8 Å². The molecule has 21 heavy (non-hydrogen) atoms. The zero-order valence-corrected chi connectivity index (χ0v) is 12.4. The maximum atomic E-state index is 11.8. The first-order valence-corrected chi connectivity index (χ1v) is 6.52. The van der Waals surface area contributed by atoms with Gasteiger partial charge >= 0.3 is 0 Å². The van der Waals surface area contributed by atoms with Crippen molar-refractivity contribution in [2.75, 3.05) is 40.9 Å². The van der Waals surface area contributed by atoms with Gasteiger partial charge in [0, 0.05) is 5.56 Å². The molecule has 0 spiro atoms. The smallest absolute Gasteiger partial charge is 0.251 e. The minimum Gasteiger partial charge on any atom is -0.548 e. The molecular weight excluding hydrogens is 276 g/mol. The Kier molecular flexibility index (Phi) is 6.48. The first-order valence-electron chi connectivity index (χ1n) is 6.52. The van der Waals surface area contributed by atoms with Crippen LogP contribution in [0.25, 0.3) is 0 Å². The van der Waals surface area contributed by atoms with Crippen LogP contribution in [0.1, 0.15) is 10.4 Å². The Balaban J connectivity index is 2.78. The minimum absolute atomic E-state index is 0.296. The predicted molar refractivity (Wildman–Crippen MR) is 73.5 cm³/mol. The van der Waals surface area contributed by atoms with Crippen LogP contribution in [-0.2, 0) is 4.79 Å². The molecule has 0 aromatic heterocycles. The Morgan fingerprint density at radius 3 is 2.57 bits per heavy atom. The number of carbonyl (C=O) groups is 2. The number of methoxy groups -OCH3 is 1. The number of carbonyl (C=O) groups excluding carboxylic acids is 2. The highest BCUT2D eigenvalue weighted by atomic mass is 16.5. The molecule has 2 N–H and O–H groups in total. The van der Waals surface area contributed by atoms with Crippen molar-refractivity contribution in [3.05, 3.63) is 23.8 Å². The third-order valence-corrected chi connectivity index (χ3v) is 2.68. The molecule has 1 amide bonds. The number of aliphatic carboxylic acids is 1. The van der Waals surface area contributed by atoms with Crippen molar-refractivity contribution in [1.82, 2.24) is 5.32 Å². The second kappa shape index (κ2) is 8.11. The summed E-state index contributed by atoms with van der Waals surface area (Å²) in [6.45, 7) is 0.734. The van der Waals surface area contributed by atoms with Crippen LogP contribution in [0.3, 0.4) is 0 Å². The normalized spacial score (nSPS) is 10.3. The first kappa shape index (κ1) is 16.8. The molecule has 1 rings (SSSR count). The molecular formula is C14H20N2O5. The van der Waals surface area contributed by atoms with Crippen LogP contribution >= 0.6 is 0 Å². The molecule has 7 nitrogen and oxygen atoms in total. The summed E-state index contributed by atoms with van der Waals surface area (Å²) in [6.07, 6.45) is 0. The van der Waals surface area contributed by atoms with Crippen molar-refractivity contribution >= 4 is 11.9 Å². The zero-order chi connectivity index (χ0) is 15.8. The van der Waals surface area contributed by atoms with E-state index in [0.29, 0.717) is 23.7 Å². The maximum Gasteiger partial charge on any atom is 0.251 e. The summed E-state index contributed by atoms with van der Waals surface area (Å²) in [5.74, 6) is -0.896. The van der Waals surface area contributed by atoms with E-state index >= 15 is 0 Å². The van der Waals surface area contributed by atoms with E-state index < -0.39 is 18.4 Å². The molecule has 0 radical (unpaired) electrons. The minimum atomic E-state index is -1.35. The van der Waals surface area contributed by atoms with Crippen molar-refractivity contribution < 1.29 is 29.1 Å². The van der Waals surface area contributed by atoms with Gasteiger partial charge in [0.2, 0.25) is 0 Å². The standard InChI is InChI=1S/C14H20N2O5/c1-16(2)6-7-21-12-8-10(4-5-11(12)20-3)14(19)15-9-13(17)18/h4-5,8H,6-7,9H2,1-3H3,(H,15,19)(H,17,18). The van der Waals surface area contributed by atoms with E-state index in [2.05, 4.69) is 5.32 Å². The number of likely N-dealkylation sites (N-methyl/N-ethyl adjacent to an activating group) is 1. The van der Waals surface area contributed by atoms with Gasteiger partial charge in [0.1, 0.15) is 13.2 Å². The van der Waals surface area contributed by atoms with Gasteiger partial charge < -0.3 is 29.6 Å². The van der Waals surface area contributed by atoms with E-state index in [1.165, 1.54) is 24.1 Å². The Morgan fingerprint density at radius 1 is 1.29 bits per heavy atom. The van der Waals surface area contributed by atoms with Crippen LogP contribution in [0.5, 0.6) is 11.5 Å². The van der Waals surface area contributed by atoms with Crippen molar-refractivity contribution in [2.45, 2.75) is 0 Å². The number of benzene rings is 1. The van der Waals surface area contributed by atoms with E-state index in [9.17, 15) is 14.7 Å². The van der Waals surface area contributed by atoms with E-state index in [1.54, 1.807) is 6.07 Å². The summed E-state index contributed by atoms with van der Waals surface area (Å²) in [6, 6.07) is 4.66. The Hall–Kier alpha value is -2.28. The van der Waals surface area contributed by atoms with Gasteiger partial charge in [-0.15, -0.1) is 0 Å². The highest BCUT2D eigenvalue weighted by Gasteiger charge is 2.11. The highest BCUT2D eigenvalue weighted by Crippen LogP contribution is 2.27. The molecule has 0 saturated carbocycles. The van der Waals surface area contributed by atoms with Gasteiger partial charge in [0.15, 0.2) is 11.5 Å². The molecule has 0 atom stereocenters. The van der Waals surface area contributed by atoms with Crippen molar-refractivity contribution in [3.63, 3.8) is 0 Å². The number of rotatable bonds is 8. The summed E-state index contributed by atoms with van der Waals surface area (Å²) in [7, 11) is 5.52. The summed E-state index contributed by atoms with van der Waals surface area (Å²) in [5, 5.41) is 12.6. The Bertz CT molecular complexity index is 502. The lowest BCUT2D eigenvalue weighted by molar-refractivity contribution is -0.858. The molecule has 0 unspecified atom stereocenters. The average molecular weight is 296 g/mol. The molecule has 0 heterocycles.